The zero-order valence-corrected chi connectivity index (χ0v) is 15.2. The lowest BCUT2D eigenvalue weighted by molar-refractivity contribution is 0.683. The van der Waals surface area contributed by atoms with E-state index in [0.717, 1.165) is 11.4 Å². The van der Waals surface area contributed by atoms with Gasteiger partial charge in [0.05, 0.1) is 13.1 Å². The van der Waals surface area contributed by atoms with Crippen LogP contribution in [0.2, 0.25) is 0 Å². The van der Waals surface area contributed by atoms with Crippen molar-refractivity contribution < 1.29 is 0 Å². The van der Waals surface area contributed by atoms with Crippen LogP contribution in [0.15, 0.2) is 70.9 Å². The van der Waals surface area contributed by atoms with Crippen molar-refractivity contribution in [2.45, 2.75) is 13.8 Å². The molecule has 0 saturated carbocycles. The molecule has 6 nitrogen and oxygen atoms in total. The molecule has 0 aliphatic rings. The number of nitrogens with zero attached hydrogens (tertiary/aromatic N) is 2. The third-order valence-electron chi connectivity index (χ3n) is 3.90. The Kier molecular flexibility index (Phi) is 7.49. The van der Waals surface area contributed by atoms with Gasteiger partial charge in [0.15, 0.2) is 0 Å². The van der Waals surface area contributed by atoms with Crippen LogP contribution in [0, 0.1) is 22.7 Å². The molecule has 0 spiro atoms. The molecule has 4 N–H and O–H groups in total. The minimum Gasteiger partial charge on any atom is -0.344 e. The van der Waals surface area contributed by atoms with E-state index in [4.69, 9.17) is 10.8 Å². The second kappa shape index (κ2) is 10.1. The third kappa shape index (κ3) is 6.47. The van der Waals surface area contributed by atoms with Crippen LogP contribution in [0.5, 0.6) is 0 Å². The Hall–Kier alpha value is -3.02. The van der Waals surface area contributed by atoms with Gasteiger partial charge in [-0.25, -0.2) is 0 Å². The van der Waals surface area contributed by atoms with Crippen LogP contribution in [0.25, 0.3) is 0 Å². The maximum atomic E-state index is 8.09. The second-order valence-electron chi connectivity index (χ2n) is 6.26. The quantitative estimate of drug-likeness (QED) is 0.310. The Labute approximate surface area is 154 Å². The van der Waals surface area contributed by atoms with Crippen molar-refractivity contribution in [1.29, 1.82) is 10.8 Å². The SMILES string of the molecule is CC(CN=NCC(C)C(=N)Nc1ccccc1)C(=N)Nc1ccccc1. The fourth-order valence-corrected chi connectivity index (χ4v) is 2.14. The summed E-state index contributed by atoms with van der Waals surface area (Å²) in [6.07, 6.45) is 0. The van der Waals surface area contributed by atoms with E-state index < -0.39 is 0 Å². The van der Waals surface area contributed by atoms with Gasteiger partial charge in [-0.05, 0) is 24.3 Å². The molecule has 0 aliphatic heterocycles. The van der Waals surface area contributed by atoms with Crippen molar-refractivity contribution in [1.82, 2.24) is 0 Å². The van der Waals surface area contributed by atoms with Crippen LogP contribution in [-0.2, 0) is 0 Å². The topological polar surface area (TPSA) is 96.5 Å². The number of rotatable bonds is 8. The number of azo groups is 1. The van der Waals surface area contributed by atoms with Crippen LogP contribution in [0.1, 0.15) is 13.8 Å². The number of hydrogen-bond donors (Lipinski definition) is 4. The molecule has 0 amide bonds. The van der Waals surface area contributed by atoms with Crippen LogP contribution >= 0.6 is 0 Å². The van der Waals surface area contributed by atoms with Gasteiger partial charge < -0.3 is 10.6 Å². The highest BCUT2D eigenvalue weighted by molar-refractivity contribution is 5.95. The lowest BCUT2D eigenvalue weighted by Crippen LogP contribution is -2.22. The molecule has 0 aromatic heterocycles. The molecule has 0 heterocycles. The normalized spacial score (nSPS) is 13.2. The lowest BCUT2D eigenvalue weighted by Gasteiger charge is -2.14. The molecule has 2 aromatic rings. The fourth-order valence-electron chi connectivity index (χ4n) is 2.14. The van der Waals surface area contributed by atoms with Crippen molar-refractivity contribution in [3.8, 4) is 0 Å². The molecule has 0 bridgehead atoms. The van der Waals surface area contributed by atoms with E-state index in [1.165, 1.54) is 0 Å². The minimum absolute atomic E-state index is 0.0452. The summed E-state index contributed by atoms with van der Waals surface area (Å²) in [6, 6.07) is 19.3. The van der Waals surface area contributed by atoms with Gasteiger partial charge in [-0.2, -0.15) is 10.2 Å². The van der Waals surface area contributed by atoms with Gasteiger partial charge in [0.2, 0.25) is 0 Å². The average molecular weight is 350 g/mol. The maximum absolute atomic E-state index is 8.09. The smallest absolute Gasteiger partial charge is 0.102 e. The first-order valence-corrected chi connectivity index (χ1v) is 8.70. The summed E-state index contributed by atoms with van der Waals surface area (Å²) in [7, 11) is 0. The zero-order valence-electron chi connectivity index (χ0n) is 15.2. The second-order valence-corrected chi connectivity index (χ2v) is 6.26. The monoisotopic (exact) mass is 350 g/mol. The van der Waals surface area contributed by atoms with Crippen LogP contribution in [0.4, 0.5) is 11.4 Å². The van der Waals surface area contributed by atoms with Gasteiger partial charge in [-0.15, -0.1) is 0 Å². The summed E-state index contributed by atoms with van der Waals surface area (Å²) < 4.78 is 0. The van der Waals surface area contributed by atoms with E-state index in [1.807, 2.05) is 74.5 Å². The van der Waals surface area contributed by atoms with Crippen molar-refractivity contribution in [3.05, 3.63) is 60.7 Å². The number of benzene rings is 2. The van der Waals surface area contributed by atoms with Gasteiger partial charge >= 0.3 is 0 Å². The molecule has 0 fully saturated rings. The predicted octanol–water partition coefficient (Wildman–Crippen LogP) is 4.89. The molecule has 2 atom stereocenters. The lowest BCUT2D eigenvalue weighted by atomic mass is 10.1. The van der Waals surface area contributed by atoms with Gasteiger partial charge in [0.25, 0.3) is 0 Å². The number of para-hydroxylation sites is 2. The molecule has 2 aromatic carbocycles. The highest BCUT2D eigenvalue weighted by Gasteiger charge is 2.10. The van der Waals surface area contributed by atoms with Crippen molar-refractivity contribution in [2.24, 2.45) is 22.1 Å². The molecule has 0 radical (unpaired) electrons. The standard InChI is InChI=1S/C20H26N6/c1-15(19(21)25-17-9-5-3-6-10-17)13-23-24-14-16(2)20(22)26-18-11-7-4-8-12-18/h3-12,15-16H,13-14H2,1-2H3,(H2,21,25)(H2,22,26). The van der Waals surface area contributed by atoms with Crippen LogP contribution in [-0.4, -0.2) is 24.8 Å². The highest BCUT2D eigenvalue weighted by atomic mass is 15.1. The minimum atomic E-state index is -0.0452. The molecule has 2 unspecified atom stereocenters. The first kappa shape index (κ1) is 19.3. The van der Waals surface area contributed by atoms with Gasteiger partial charge in [-0.3, -0.25) is 10.8 Å². The number of hydrogen-bond acceptors (Lipinski definition) is 4. The summed E-state index contributed by atoms with van der Waals surface area (Å²) >= 11 is 0. The first-order valence-electron chi connectivity index (χ1n) is 8.70. The van der Waals surface area contributed by atoms with E-state index in [2.05, 4.69) is 20.9 Å². The molecular formula is C20H26N6. The van der Waals surface area contributed by atoms with Gasteiger partial charge in [0, 0.05) is 23.2 Å². The molecule has 0 saturated heterocycles. The number of nitrogens with one attached hydrogen (secondary N) is 4. The number of amidine groups is 2. The summed E-state index contributed by atoms with van der Waals surface area (Å²) in [5.74, 6) is 0.746. The molecule has 0 aliphatic carbocycles. The summed E-state index contributed by atoms with van der Waals surface area (Å²) in [5.41, 5.74) is 1.80. The molecule has 26 heavy (non-hydrogen) atoms. The molecular weight excluding hydrogens is 324 g/mol. The van der Waals surface area contributed by atoms with Crippen molar-refractivity contribution in [2.75, 3.05) is 23.7 Å². The van der Waals surface area contributed by atoms with Crippen LogP contribution in [0.3, 0.4) is 0 Å². The average Bonchev–Trinajstić information content (AvgIpc) is 2.66. The first-order chi connectivity index (χ1) is 12.6. The molecule has 136 valence electrons. The summed E-state index contributed by atoms with van der Waals surface area (Å²) in [4.78, 5) is 0. The summed E-state index contributed by atoms with van der Waals surface area (Å²) in [5, 5.41) is 30.7. The van der Waals surface area contributed by atoms with Gasteiger partial charge in [-0.1, -0.05) is 50.2 Å². The van der Waals surface area contributed by atoms with E-state index in [0.29, 0.717) is 24.8 Å². The zero-order chi connectivity index (χ0) is 18.8. The Morgan fingerprint density at radius 1 is 0.731 bits per heavy atom. The van der Waals surface area contributed by atoms with E-state index >= 15 is 0 Å². The van der Waals surface area contributed by atoms with Crippen molar-refractivity contribution in [3.63, 3.8) is 0 Å². The molecule has 6 heteroatoms. The number of anilines is 2. The van der Waals surface area contributed by atoms with Gasteiger partial charge in [0.1, 0.15) is 11.7 Å². The van der Waals surface area contributed by atoms with Crippen molar-refractivity contribution >= 4 is 23.0 Å². The highest BCUT2D eigenvalue weighted by Crippen LogP contribution is 2.10. The Morgan fingerprint density at radius 3 is 1.42 bits per heavy atom. The Morgan fingerprint density at radius 2 is 1.08 bits per heavy atom. The fraction of sp³-hybridized carbons (Fsp3) is 0.300. The Bertz CT molecular complexity index is 663. The maximum Gasteiger partial charge on any atom is 0.102 e. The third-order valence-corrected chi connectivity index (χ3v) is 3.90. The van der Waals surface area contributed by atoms with E-state index in [1.54, 1.807) is 0 Å². The predicted molar refractivity (Wildman–Crippen MR) is 109 cm³/mol. The largest absolute Gasteiger partial charge is 0.344 e. The molecule has 2 rings (SSSR count). The van der Waals surface area contributed by atoms with Crippen LogP contribution < -0.4 is 10.6 Å². The Balaban J connectivity index is 1.72. The van der Waals surface area contributed by atoms with E-state index in [9.17, 15) is 0 Å². The van der Waals surface area contributed by atoms with E-state index in [-0.39, 0.29) is 11.8 Å². The summed E-state index contributed by atoms with van der Waals surface area (Å²) in [6.45, 7) is 4.79.